The van der Waals surface area contributed by atoms with E-state index in [-0.39, 0.29) is 16.9 Å². The molecule has 1 aromatic rings. The van der Waals surface area contributed by atoms with Crippen LogP contribution in [0.4, 0.5) is 13.2 Å². The highest BCUT2D eigenvalue weighted by atomic mass is 32.2. The number of hydrogen-bond acceptors (Lipinski definition) is 5. The maximum atomic E-state index is 13.2. The van der Waals surface area contributed by atoms with Crippen molar-refractivity contribution in [1.82, 2.24) is 0 Å². The van der Waals surface area contributed by atoms with Gasteiger partial charge < -0.3 is 14.7 Å². The molecule has 0 spiro atoms. The van der Waals surface area contributed by atoms with Gasteiger partial charge in [-0.05, 0) is 56.2 Å². The van der Waals surface area contributed by atoms with Crippen LogP contribution in [0.3, 0.4) is 0 Å². The maximum Gasteiger partial charge on any atom is 0.534 e. The average Bonchev–Trinajstić information content (AvgIpc) is 2.74. The van der Waals surface area contributed by atoms with Crippen LogP contribution in [0.15, 0.2) is 12.1 Å². The molecule has 0 radical (unpaired) electrons. The summed E-state index contributed by atoms with van der Waals surface area (Å²) >= 11 is 0. The molecule has 0 aliphatic heterocycles. The molecule has 3 rings (SSSR count). The maximum absolute atomic E-state index is 13.2. The van der Waals surface area contributed by atoms with E-state index >= 15 is 0 Å². The Hall–Kier alpha value is -1.48. The van der Waals surface area contributed by atoms with Gasteiger partial charge in [-0.3, -0.25) is 0 Å². The number of alkyl halides is 3. The Kier molecular flexibility index (Phi) is 8.30. The summed E-state index contributed by atoms with van der Waals surface area (Å²) in [5.41, 5.74) is 0.0651. The second-order valence-electron chi connectivity index (χ2n) is 8.35. The third-order valence-electron chi connectivity index (χ3n) is 6.85. The van der Waals surface area contributed by atoms with Crippen LogP contribution < -0.4 is 14.7 Å². The molecule has 2 aliphatic carbocycles. The first-order chi connectivity index (χ1) is 14.6. The molecule has 1 aromatic carbocycles. The van der Waals surface area contributed by atoms with Gasteiger partial charge in [-0.1, -0.05) is 45.6 Å². The fourth-order valence-corrected chi connectivity index (χ4v) is 6.11. The highest BCUT2D eigenvalue weighted by Gasteiger charge is 2.52. The minimum atomic E-state index is -5.80. The van der Waals surface area contributed by atoms with E-state index in [9.17, 15) is 21.6 Å². The topological polar surface area (TPSA) is 78.6 Å². The number of hydrogen-bond donors (Lipinski definition) is 1. The van der Waals surface area contributed by atoms with Gasteiger partial charge in [0.2, 0.25) is 0 Å². The third kappa shape index (κ3) is 4.82. The van der Waals surface area contributed by atoms with Gasteiger partial charge in [0.25, 0.3) is 0 Å². The molecule has 0 heterocycles. The van der Waals surface area contributed by atoms with Gasteiger partial charge in [0.05, 0.1) is 7.11 Å². The van der Waals surface area contributed by atoms with Gasteiger partial charge in [-0.2, -0.15) is 21.6 Å². The summed E-state index contributed by atoms with van der Waals surface area (Å²) < 4.78 is 73.4. The summed E-state index contributed by atoms with van der Waals surface area (Å²) in [7, 11) is -2.99. The van der Waals surface area contributed by atoms with Crippen LogP contribution in [-0.2, 0) is 22.0 Å². The van der Waals surface area contributed by atoms with Crippen LogP contribution in [-0.4, -0.2) is 28.1 Å². The summed E-state index contributed by atoms with van der Waals surface area (Å²) in [5.74, 6) is 0.470. The number of aryl methyl sites for hydroxylation is 1. The molecule has 2 saturated carbocycles. The molecule has 31 heavy (non-hydrogen) atoms. The van der Waals surface area contributed by atoms with Crippen LogP contribution in [0.2, 0.25) is 0 Å². The van der Waals surface area contributed by atoms with Crippen molar-refractivity contribution in [3.63, 3.8) is 0 Å². The number of rotatable bonds is 5. The van der Waals surface area contributed by atoms with E-state index in [4.69, 9.17) is 8.92 Å². The predicted octanol–water partition coefficient (Wildman–Crippen LogP) is 5.31. The number of nitrogens with two attached hydrogens (primary N) is 1. The molecule has 2 N–H and O–H groups in total. The van der Waals surface area contributed by atoms with E-state index in [2.05, 4.69) is 12.7 Å². The Labute approximate surface area is 183 Å². The number of fused-ring (bicyclic) bond motifs is 1. The smallest absolute Gasteiger partial charge is 0.493 e. The van der Waals surface area contributed by atoms with E-state index in [1.54, 1.807) is 0 Å². The first-order valence-electron chi connectivity index (χ1n) is 10.9. The Morgan fingerprint density at radius 1 is 1.13 bits per heavy atom. The average molecular weight is 466 g/mol. The Bertz CT molecular complexity index is 853. The zero-order chi connectivity index (χ0) is 23.4. The summed E-state index contributed by atoms with van der Waals surface area (Å²) in [6, 6.07) is 3.34. The van der Waals surface area contributed by atoms with Crippen LogP contribution in [0.25, 0.3) is 0 Å². The molecule has 0 saturated heterocycles. The molecular formula is C22H34F3NO4S. The lowest BCUT2D eigenvalue weighted by molar-refractivity contribution is -0.0501. The highest BCUT2D eigenvalue weighted by Crippen LogP contribution is 2.58. The third-order valence-corrected chi connectivity index (χ3v) is 7.80. The van der Waals surface area contributed by atoms with Crippen molar-refractivity contribution in [2.75, 3.05) is 14.2 Å². The fourth-order valence-electron chi connectivity index (χ4n) is 5.63. The minimum Gasteiger partial charge on any atom is -0.493 e. The van der Waals surface area contributed by atoms with Gasteiger partial charge in [0, 0.05) is 11.0 Å². The van der Waals surface area contributed by atoms with E-state index in [1.807, 2.05) is 13.0 Å². The molecule has 9 heteroatoms. The SMILES string of the molecule is CCc1ccc(OC)c(OS(=O)(=O)C(F)(F)F)c1C12CCCCC1[C@@H](C)CCC2.CN. The minimum absolute atomic E-state index is 0.0296. The lowest BCUT2D eigenvalue weighted by Crippen LogP contribution is -2.45. The van der Waals surface area contributed by atoms with Crippen molar-refractivity contribution >= 4 is 10.1 Å². The van der Waals surface area contributed by atoms with Gasteiger partial charge in [0.1, 0.15) is 0 Å². The molecule has 0 bridgehead atoms. The second kappa shape index (κ2) is 9.98. The van der Waals surface area contributed by atoms with Gasteiger partial charge in [0.15, 0.2) is 11.5 Å². The molecule has 3 atom stereocenters. The molecule has 178 valence electrons. The summed E-state index contributed by atoms with van der Waals surface area (Å²) in [4.78, 5) is 0. The lowest BCUT2D eigenvalue weighted by atomic mass is 9.53. The molecule has 5 nitrogen and oxygen atoms in total. The van der Waals surface area contributed by atoms with Crippen molar-refractivity contribution in [1.29, 1.82) is 0 Å². The molecule has 2 fully saturated rings. The lowest BCUT2D eigenvalue weighted by Gasteiger charge is -2.52. The monoisotopic (exact) mass is 465 g/mol. The number of benzene rings is 1. The van der Waals surface area contributed by atoms with Crippen molar-refractivity contribution in [3.8, 4) is 11.5 Å². The van der Waals surface area contributed by atoms with Crippen LogP contribution >= 0.6 is 0 Å². The zero-order valence-corrected chi connectivity index (χ0v) is 19.5. The van der Waals surface area contributed by atoms with E-state index in [0.717, 1.165) is 50.5 Å². The zero-order valence-electron chi connectivity index (χ0n) is 18.7. The highest BCUT2D eigenvalue weighted by molar-refractivity contribution is 7.88. The number of halogens is 3. The van der Waals surface area contributed by atoms with Gasteiger partial charge >= 0.3 is 15.6 Å². The first-order valence-corrected chi connectivity index (χ1v) is 12.3. The largest absolute Gasteiger partial charge is 0.534 e. The predicted molar refractivity (Wildman–Crippen MR) is 115 cm³/mol. The van der Waals surface area contributed by atoms with E-state index in [1.165, 1.54) is 20.2 Å². The number of ether oxygens (including phenoxy) is 1. The molecule has 2 unspecified atom stereocenters. The van der Waals surface area contributed by atoms with Crippen LogP contribution in [0, 0.1) is 11.8 Å². The van der Waals surface area contributed by atoms with Crippen molar-refractivity contribution < 1.29 is 30.5 Å². The molecule has 0 amide bonds. The fraction of sp³-hybridized carbons (Fsp3) is 0.727. The quantitative estimate of drug-likeness (QED) is 0.471. The van der Waals surface area contributed by atoms with Crippen molar-refractivity contribution in [2.45, 2.75) is 76.1 Å². The molecular weight excluding hydrogens is 431 g/mol. The number of methoxy groups -OCH3 is 1. The summed E-state index contributed by atoms with van der Waals surface area (Å²) in [6.45, 7) is 4.12. The van der Waals surface area contributed by atoms with Gasteiger partial charge in [-0.25, -0.2) is 0 Å². The standard InChI is InChI=1S/C21H29F3O4S.CH5N/c1-4-15-10-11-17(27-3)19(28-29(25,26)21(22,23)24)18(15)20-12-6-5-9-16(20)14(2)8-7-13-20;1-2/h10-11,14,16H,4-9,12-13H2,1-3H3;2H2,1H3/t14-,16?,20?;/m0./s1. The first kappa shape index (κ1) is 25.8. The van der Waals surface area contributed by atoms with Crippen molar-refractivity contribution in [3.05, 3.63) is 23.3 Å². The van der Waals surface area contributed by atoms with E-state index < -0.39 is 15.6 Å². The second-order valence-corrected chi connectivity index (χ2v) is 9.88. The molecule has 2 aliphatic rings. The van der Waals surface area contributed by atoms with Crippen molar-refractivity contribution in [2.24, 2.45) is 17.6 Å². The van der Waals surface area contributed by atoms with Crippen LogP contribution in [0.5, 0.6) is 11.5 Å². The molecule has 0 aromatic heterocycles. The summed E-state index contributed by atoms with van der Waals surface area (Å²) in [5, 5.41) is 0. The van der Waals surface area contributed by atoms with E-state index in [0.29, 0.717) is 23.8 Å². The normalized spacial score (nSPS) is 26.3. The Balaban J connectivity index is 0.00000166. The Morgan fingerprint density at radius 3 is 2.35 bits per heavy atom. The van der Waals surface area contributed by atoms with Gasteiger partial charge in [-0.15, -0.1) is 0 Å². The summed E-state index contributed by atoms with van der Waals surface area (Å²) in [6.07, 6.45) is 7.30. The van der Waals surface area contributed by atoms with Crippen LogP contribution in [0.1, 0.15) is 69.9 Å². The Morgan fingerprint density at radius 2 is 1.77 bits per heavy atom.